The Morgan fingerprint density at radius 1 is 0.302 bits per heavy atom. The number of hydrogen-bond donors (Lipinski definition) is 0. The van der Waals surface area contributed by atoms with Crippen LogP contribution >= 0.6 is 0 Å². The number of benzene rings is 6. The van der Waals surface area contributed by atoms with E-state index in [0.29, 0.717) is 11.8 Å². The van der Waals surface area contributed by atoms with Gasteiger partial charge in [-0.1, -0.05) is 253 Å². The molecule has 6 aromatic rings. The van der Waals surface area contributed by atoms with Gasteiger partial charge >= 0.3 is 7.12 Å². The van der Waals surface area contributed by atoms with Crippen LogP contribution < -0.4 is 15.3 Å². The molecule has 3 aliphatic rings. The predicted octanol–water partition coefficient (Wildman–Crippen LogP) is 19.9. The van der Waals surface area contributed by atoms with E-state index in [0.717, 1.165) is 76.5 Å². The van der Waals surface area contributed by atoms with Crippen LogP contribution in [0.5, 0.6) is 0 Å². The molecule has 0 amide bonds. The molecular formula is C79H113BN2O4. The van der Waals surface area contributed by atoms with Gasteiger partial charge in [-0.3, -0.25) is 0 Å². The Labute approximate surface area is 524 Å². The molecule has 0 spiro atoms. The summed E-state index contributed by atoms with van der Waals surface area (Å²) in [5, 5.41) is 0. The zero-order valence-corrected chi connectivity index (χ0v) is 54.7. The number of anilines is 2. The smallest absolute Gasteiger partial charge is 0.407 e. The van der Waals surface area contributed by atoms with Crippen LogP contribution in [0.1, 0.15) is 238 Å². The van der Waals surface area contributed by atoms with Crippen molar-refractivity contribution in [3.63, 3.8) is 0 Å². The van der Waals surface area contributed by atoms with E-state index in [1.165, 1.54) is 210 Å². The molecule has 466 valence electrons. The second-order valence-electron chi connectivity index (χ2n) is 25.1. The third-order valence-electron chi connectivity index (χ3n) is 18.0. The van der Waals surface area contributed by atoms with E-state index in [2.05, 4.69) is 197 Å². The lowest BCUT2D eigenvalue weighted by atomic mass is 9.76. The number of unbranched alkanes of at least 4 members (excludes halogenated alkanes) is 14. The van der Waals surface area contributed by atoms with Crippen LogP contribution in [0.15, 0.2) is 146 Å². The number of ether oxygens (including phenoxy) is 2. The van der Waals surface area contributed by atoms with E-state index in [1.807, 2.05) is 0 Å². The number of nitrogens with zero attached hydrogens (tertiary/aromatic N) is 2. The Balaban J connectivity index is 0.000000187. The van der Waals surface area contributed by atoms with Crippen molar-refractivity contribution in [1.29, 1.82) is 0 Å². The Bertz CT molecular complexity index is 2330. The zero-order valence-electron chi connectivity index (χ0n) is 54.7. The average Bonchev–Trinajstić information content (AvgIpc) is 3.43. The van der Waals surface area contributed by atoms with Crippen molar-refractivity contribution in [1.82, 2.24) is 0 Å². The summed E-state index contributed by atoms with van der Waals surface area (Å²) >= 11 is 0. The summed E-state index contributed by atoms with van der Waals surface area (Å²) in [4.78, 5) is 5.11. The fraction of sp³-hybridized carbons (Fsp3) is 0.544. The van der Waals surface area contributed by atoms with Gasteiger partial charge in [0, 0.05) is 68.2 Å². The average molecular weight is 1170 g/mol. The first-order valence-corrected chi connectivity index (χ1v) is 34.9. The summed E-state index contributed by atoms with van der Waals surface area (Å²) < 4.78 is 24.1. The first-order chi connectivity index (χ1) is 42.4. The summed E-state index contributed by atoms with van der Waals surface area (Å²) in [5.74, 6) is 0.658. The maximum Gasteiger partial charge on any atom is 0.493 e. The molecule has 0 aliphatic carbocycles. The van der Waals surface area contributed by atoms with E-state index in [9.17, 15) is 0 Å². The van der Waals surface area contributed by atoms with Gasteiger partial charge in [-0.2, -0.15) is 0 Å². The third kappa shape index (κ3) is 24.1. The SMILES string of the molecule is CCCCCCCCc1ccc(N2CCN(c3ccc(CCCCCCCC)cc3)CC2)cc1.CCCCc1ccc(B2OCC(c3ccc(CCCC)cc3)CO2)cc1.CCCCc1ccc(C2COC(c3ccc(CCCC)cc3)OC2)cc1. The van der Waals surface area contributed by atoms with Gasteiger partial charge < -0.3 is 28.6 Å². The van der Waals surface area contributed by atoms with Crippen LogP contribution in [0.3, 0.4) is 0 Å². The lowest BCUT2D eigenvalue weighted by molar-refractivity contribution is -0.191. The first-order valence-electron chi connectivity index (χ1n) is 34.9. The molecule has 0 atom stereocenters. The third-order valence-corrected chi connectivity index (χ3v) is 18.0. The normalized spacial score (nSPS) is 16.3. The zero-order chi connectivity index (χ0) is 60.2. The lowest BCUT2D eigenvalue weighted by Crippen LogP contribution is -2.46. The number of hydrogen-bond acceptors (Lipinski definition) is 6. The maximum atomic E-state index is 6.02. The van der Waals surface area contributed by atoms with Crippen molar-refractivity contribution in [2.24, 2.45) is 0 Å². The molecule has 86 heavy (non-hydrogen) atoms. The highest BCUT2D eigenvalue weighted by Crippen LogP contribution is 2.31. The van der Waals surface area contributed by atoms with Crippen molar-refractivity contribution in [2.75, 3.05) is 62.4 Å². The summed E-state index contributed by atoms with van der Waals surface area (Å²) in [6.07, 6.45) is 33.3. The van der Waals surface area contributed by atoms with Gasteiger partial charge in [0.25, 0.3) is 0 Å². The minimum atomic E-state index is -0.227. The standard InChI is InChI=1S/C32H50N2.C24H32O2.C23H31BO2/c1-3-5-7-9-11-13-15-29-17-21-31(22-18-29)33-25-27-34(28-26-33)32-23-19-30(20-24-32)16-14-12-10-8-6-4-2;1-3-5-7-19-9-13-21(14-10-19)23-17-25-24(26-18-23)22-15-11-20(12-16-22)8-6-4-2;1-3-5-7-19-9-13-21(14-10-19)22-17-25-24(26-18-22)23-15-11-20(12-16-23)8-6-4-2/h17-24H,3-16,25-28H2,1-2H3;9-16,23-24H,3-8,17-18H2,1-2H3;9-16,22H,3-8,17-18H2,1-2H3. The van der Waals surface area contributed by atoms with Gasteiger partial charge in [0.1, 0.15) is 0 Å². The second kappa shape index (κ2) is 40.4. The molecule has 0 bridgehead atoms. The van der Waals surface area contributed by atoms with E-state index < -0.39 is 0 Å². The molecule has 9 rings (SSSR count). The van der Waals surface area contributed by atoms with Crippen LogP contribution in [0.4, 0.5) is 11.4 Å². The monoisotopic (exact) mass is 1160 g/mol. The Hall–Kier alpha value is -5.18. The molecule has 0 N–H and O–H groups in total. The Morgan fingerprint density at radius 3 is 0.930 bits per heavy atom. The summed E-state index contributed by atoms with van der Waals surface area (Å²) in [6, 6.07) is 54.2. The summed E-state index contributed by atoms with van der Waals surface area (Å²) in [5.41, 5.74) is 16.3. The van der Waals surface area contributed by atoms with Crippen LogP contribution in [0.2, 0.25) is 0 Å². The molecular weight excluding hydrogens is 1050 g/mol. The van der Waals surface area contributed by atoms with Gasteiger partial charge in [0.15, 0.2) is 6.29 Å². The topological polar surface area (TPSA) is 43.4 Å². The van der Waals surface area contributed by atoms with E-state index in [-0.39, 0.29) is 13.4 Å². The largest absolute Gasteiger partial charge is 0.493 e. The fourth-order valence-electron chi connectivity index (χ4n) is 12.1. The van der Waals surface area contributed by atoms with E-state index in [4.69, 9.17) is 18.8 Å². The molecule has 0 saturated carbocycles. The second-order valence-corrected chi connectivity index (χ2v) is 25.1. The van der Waals surface area contributed by atoms with Gasteiger partial charge in [0.2, 0.25) is 0 Å². The Kier molecular flexibility index (Phi) is 32.1. The molecule has 6 aromatic carbocycles. The van der Waals surface area contributed by atoms with Crippen molar-refractivity contribution >= 4 is 24.0 Å². The molecule has 0 aromatic heterocycles. The highest BCUT2D eigenvalue weighted by molar-refractivity contribution is 6.61. The summed E-state index contributed by atoms with van der Waals surface area (Å²) in [7, 11) is -0.227. The molecule has 0 radical (unpaired) electrons. The fourth-order valence-corrected chi connectivity index (χ4v) is 12.1. The van der Waals surface area contributed by atoms with Crippen LogP contribution in [0, 0.1) is 0 Å². The number of piperazine rings is 1. The molecule has 3 saturated heterocycles. The van der Waals surface area contributed by atoms with Crippen molar-refractivity contribution in [3.05, 3.63) is 196 Å². The minimum Gasteiger partial charge on any atom is -0.407 e. The van der Waals surface area contributed by atoms with Gasteiger partial charge in [-0.25, -0.2) is 0 Å². The van der Waals surface area contributed by atoms with Crippen molar-refractivity contribution in [2.45, 2.75) is 227 Å². The van der Waals surface area contributed by atoms with Crippen molar-refractivity contribution in [3.8, 4) is 0 Å². The predicted molar refractivity (Wildman–Crippen MR) is 369 cm³/mol. The molecule has 3 aliphatic heterocycles. The molecule has 7 heteroatoms. The Morgan fingerprint density at radius 2 is 0.581 bits per heavy atom. The molecule has 3 fully saturated rings. The molecule has 3 heterocycles. The van der Waals surface area contributed by atoms with Gasteiger partial charge in [-0.15, -0.1) is 0 Å². The van der Waals surface area contributed by atoms with Gasteiger partial charge in [0.05, 0.1) is 13.2 Å². The first kappa shape index (κ1) is 68.3. The minimum absolute atomic E-state index is 0.227. The highest BCUT2D eigenvalue weighted by atomic mass is 16.7. The lowest BCUT2D eigenvalue weighted by Gasteiger charge is -2.37. The highest BCUT2D eigenvalue weighted by Gasteiger charge is 2.30. The maximum absolute atomic E-state index is 6.02. The summed E-state index contributed by atoms with van der Waals surface area (Å²) in [6.45, 7) is 20.8. The molecule has 6 nitrogen and oxygen atoms in total. The van der Waals surface area contributed by atoms with Crippen molar-refractivity contribution < 1.29 is 18.8 Å². The van der Waals surface area contributed by atoms with E-state index in [1.54, 1.807) is 0 Å². The van der Waals surface area contributed by atoms with Crippen LogP contribution in [-0.2, 0) is 57.3 Å². The van der Waals surface area contributed by atoms with Crippen LogP contribution in [-0.4, -0.2) is 59.7 Å². The van der Waals surface area contributed by atoms with Crippen LogP contribution in [0.25, 0.3) is 0 Å². The van der Waals surface area contributed by atoms with Gasteiger partial charge in [-0.05, 0) is 151 Å². The number of rotatable bonds is 32. The molecule has 0 unspecified atom stereocenters. The van der Waals surface area contributed by atoms with E-state index >= 15 is 0 Å². The number of aryl methyl sites for hydroxylation is 6. The quantitative estimate of drug-likeness (QED) is 0.0310.